The Morgan fingerprint density at radius 3 is 1.97 bits per heavy atom. The number of nitrogens with zero attached hydrogens (tertiary/aromatic N) is 2. The fourth-order valence-corrected chi connectivity index (χ4v) is 4.79. The Hall–Kier alpha value is -3.12. The number of rotatable bonds is 3. The van der Waals surface area contributed by atoms with Crippen LogP contribution in [0.15, 0.2) is 77.9 Å². The van der Waals surface area contributed by atoms with Gasteiger partial charge in [-0.15, -0.1) is 0 Å². The average molecular weight is 422 g/mol. The minimum atomic E-state index is -4.38. The smallest absolute Gasteiger partial charge is 0.322 e. The van der Waals surface area contributed by atoms with Crippen LogP contribution in [-0.4, -0.2) is 37.4 Å². The Labute approximate surface area is 179 Å². The second-order valence-electron chi connectivity index (χ2n) is 8.05. The van der Waals surface area contributed by atoms with Crippen LogP contribution in [0, 0.1) is 0 Å². The van der Waals surface area contributed by atoms with E-state index in [-0.39, 0.29) is 5.56 Å². The zero-order chi connectivity index (χ0) is 21.4. The van der Waals surface area contributed by atoms with Crippen molar-refractivity contribution in [3.8, 4) is 11.1 Å². The van der Waals surface area contributed by atoms with Gasteiger partial charge in [0.2, 0.25) is 0 Å². The summed E-state index contributed by atoms with van der Waals surface area (Å²) in [5.41, 5.74) is 4.77. The van der Waals surface area contributed by atoms with Gasteiger partial charge in [-0.2, -0.15) is 18.3 Å². The van der Waals surface area contributed by atoms with Crippen LogP contribution in [0.25, 0.3) is 11.1 Å². The van der Waals surface area contributed by atoms with Gasteiger partial charge in [-0.3, -0.25) is 5.01 Å². The van der Waals surface area contributed by atoms with Crippen molar-refractivity contribution in [1.82, 2.24) is 5.01 Å². The van der Waals surface area contributed by atoms with E-state index in [1.165, 1.54) is 45.5 Å². The second kappa shape index (κ2) is 7.85. The fourth-order valence-electron chi connectivity index (χ4n) is 4.79. The van der Waals surface area contributed by atoms with E-state index in [1.54, 1.807) is 6.07 Å². The number of hydrogen-bond acceptors (Lipinski definition) is 2. The maximum atomic E-state index is 13.2. The average Bonchev–Trinajstić information content (AvgIpc) is 3.12. The van der Waals surface area contributed by atoms with Crippen LogP contribution in [0.2, 0.25) is 0 Å². The molecule has 0 radical (unpaired) electrons. The SMILES string of the molecule is FC(F)(F)c1ccccc1/C=N/N1CC[NH+](C2c3ccccc3-c3ccccc32)CC1. The molecule has 1 saturated heterocycles. The highest BCUT2D eigenvalue weighted by atomic mass is 19.4. The third-order valence-corrected chi connectivity index (χ3v) is 6.25. The normalized spacial score (nSPS) is 17.2. The number of hydrazone groups is 1. The first-order valence-corrected chi connectivity index (χ1v) is 10.5. The molecule has 1 heterocycles. The maximum absolute atomic E-state index is 13.2. The molecule has 158 valence electrons. The molecule has 0 amide bonds. The standard InChI is InChI=1S/C25H22F3N3/c26-25(27,28)23-12-6-1-7-18(23)17-29-31-15-13-30(14-16-31)24-21-10-4-2-8-19(21)20-9-3-5-11-22(20)24/h1-12,17,24H,13-16H2/p+1/b29-17+. The number of benzene rings is 3. The number of fused-ring (bicyclic) bond motifs is 3. The molecule has 0 spiro atoms. The molecule has 31 heavy (non-hydrogen) atoms. The van der Waals surface area contributed by atoms with Gasteiger partial charge in [0, 0.05) is 16.7 Å². The first-order chi connectivity index (χ1) is 15.0. The van der Waals surface area contributed by atoms with E-state index in [2.05, 4.69) is 53.6 Å². The van der Waals surface area contributed by atoms with Crippen LogP contribution in [0.4, 0.5) is 13.2 Å². The van der Waals surface area contributed by atoms with E-state index in [0.717, 1.165) is 19.2 Å². The zero-order valence-electron chi connectivity index (χ0n) is 16.9. The molecule has 3 aromatic carbocycles. The van der Waals surface area contributed by atoms with Crippen LogP contribution >= 0.6 is 0 Å². The number of piperazine rings is 1. The Morgan fingerprint density at radius 1 is 0.806 bits per heavy atom. The van der Waals surface area contributed by atoms with Gasteiger partial charge in [0.05, 0.1) is 38.0 Å². The van der Waals surface area contributed by atoms with Gasteiger partial charge in [-0.1, -0.05) is 66.7 Å². The summed E-state index contributed by atoms with van der Waals surface area (Å²) >= 11 is 0. The van der Waals surface area contributed by atoms with E-state index in [9.17, 15) is 13.2 Å². The monoisotopic (exact) mass is 422 g/mol. The Morgan fingerprint density at radius 2 is 1.35 bits per heavy atom. The van der Waals surface area contributed by atoms with Gasteiger partial charge >= 0.3 is 6.18 Å². The van der Waals surface area contributed by atoms with Crippen molar-refractivity contribution in [2.24, 2.45) is 5.10 Å². The van der Waals surface area contributed by atoms with Crippen LogP contribution in [0.1, 0.15) is 28.3 Å². The van der Waals surface area contributed by atoms with Crippen molar-refractivity contribution in [1.29, 1.82) is 0 Å². The second-order valence-corrected chi connectivity index (χ2v) is 8.05. The van der Waals surface area contributed by atoms with Gasteiger partial charge in [0.25, 0.3) is 0 Å². The summed E-state index contributed by atoms with van der Waals surface area (Å²) in [4.78, 5) is 1.47. The number of quaternary nitrogens is 1. The summed E-state index contributed by atoms with van der Waals surface area (Å²) in [7, 11) is 0. The van der Waals surface area contributed by atoms with Crippen LogP contribution in [0.3, 0.4) is 0 Å². The summed E-state index contributed by atoms with van der Waals surface area (Å²) in [6.07, 6.45) is -3.04. The van der Waals surface area contributed by atoms with Crippen LogP contribution < -0.4 is 4.90 Å². The van der Waals surface area contributed by atoms with Gasteiger partial charge in [-0.05, 0) is 17.2 Å². The van der Waals surface area contributed by atoms with E-state index in [4.69, 9.17) is 0 Å². The lowest BCUT2D eigenvalue weighted by Crippen LogP contribution is -3.14. The number of hydrogen-bond donors (Lipinski definition) is 1. The molecule has 1 aliphatic heterocycles. The summed E-state index contributed by atoms with van der Waals surface area (Å²) < 4.78 is 39.6. The molecule has 1 aliphatic carbocycles. The van der Waals surface area contributed by atoms with Crippen molar-refractivity contribution < 1.29 is 18.1 Å². The topological polar surface area (TPSA) is 20.0 Å². The van der Waals surface area contributed by atoms with Gasteiger partial charge in [-0.25, -0.2) is 0 Å². The summed E-state index contributed by atoms with van der Waals surface area (Å²) in [5, 5.41) is 6.25. The fraction of sp³-hybridized carbons (Fsp3) is 0.240. The van der Waals surface area contributed by atoms with Crippen LogP contribution in [-0.2, 0) is 6.18 Å². The molecule has 1 fully saturated rings. The number of halogens is 3. The minimum Gasteiger partial charge on any atom is -0.322 e. The van der Waals surface area contributed by atoms with E-state index < -0.39 is 11.7 Å². The quantitative estimate of drug-likeness (QED) is 0.633. The van der Waals surface area contributed by atoms with Crippen molar-refractivity contribution in [3.63, 3.8) is 0 Å². The molecular formula is C25H23F3N3+. The van der Waals surface area contributed by atoms with E-state index in [0.29, 0.717) is 19.1 Å². The summed E-state index contributed by atoms with van der Waals surface area (Å²) in [6.45, 7) is 3.18. The van der Waals surface area contributed by atoms with E-state index in [1.807, 2.05) is 5.01 Å². The van der Waals surface area contributed by atoms with Crippen molar-refractivity contribution in [3.05, 3.63) is 95.1 Å². The first kappa shape index (κ1) is 19.8. The van der Waals surface area contributed by atoms with Crippen LogP contribution in [0.5, 0.6) is 0 Å². The molecule has 6 heteroatoms. The molecule has 1 N–H and O–H groups in total. The molecule has 0 saturated carbocycles. The summed E-state index contributed by atoms with van der Waals surface area (Å²) in [5.74, 6) is 0. The van der Waals surface area contributed by atoms with E-state index >= 15 is 0 Å². The molecular weight excluding hydrogens is 399 g/mol. The largest absolute Gasteiger partial charge is 0.417 e. The summed E-state index contributed by atoms with van der Waals surface area (Å²) in [6, 6.07) is 23.0. The lowest BCUT2D eigenvalue weighted by atomic mass is 10.0. The van der Waals surface area contributed by atoms with Crippen molar-refractivity contribution in [2.45, 2.75) is 12.2 Å². The van der Waals surface area contributed by atoms with Gasteiger partial charge in [0.15, 0.2) is 0 Å². The predicted molar refractivity (Wildman–Crippen MR) is 115 cm³/mol. The molecule has 2 aliphatic rings. The molecule has 3 nitrogen and oxygen atoms in total. The first-order valence-electron chi connectivity index (χ1n) is 10.5. The predicted octanol–water partition coefficient (Wildman–Crippen LogP) is 4.01. The highest BCUT2D eigenvalue weighted by Crippen LogP contribution is 2.41. The highest BCUT2D eigenvalue weighted by molar-refractivity contribution is 5.82. The van der Waals surface area contributed by atoms with Crippen molar-refractivity contribution >= 4 is 6.21 Å². The third-order valence-electron chi connectivity index (χ3n) is 6.25. The Bertz CT molecular complexity index is 1070. The number of nitrogens with one attached hydrogen (secondary N) is 1. The lowest BCUT2D eigenvalue weighted by Gasteiger charge is -2.34. The zero-order valence-corrected chi connectivity index (χ0v) is 16.9. The molecule has 0 unspecified atom stereocenters. The third kappa shape index (κ3) is 3.72. The molecule has 5 rings (SSSR count). The lowest BCUT2D eigenvalue weighted by molar-refractivity contribution is -0.929. The molecule has 0 aromatic heterocycles. The maximum Gasteiger partial charge on any atom is 0.417 e. The molecule has 0 atom stereocenters. The molecule has 0 bridgehead atoms. The number of alkyl halides is 3. The van der Waals surface area contributed by atoms with Gasteiger partial charge in [0.1, 0.15) is 6.04 Å². The Kier molecular flexibility index (Phi) is 5.02. The van der Waals surface area contributed by atoms with Gasteiger partial charge < -0.3 is 4.90 Å². The van der Waals surface area contributed by atoms with Crippen molar-refractivity contribution in [2.75, 3.05) is 26.2 Å². The molecule has 3 aromatic rings. The Balaban J connectivity index is 1.32. The highest BCUT2D eigenvalue weighted by Gasteiger charge is 2.37. The minimum absolute atomic E-state index is 0.100.